The van der Waals surface area contributed by atoms with Crippen LogP contribution < -0.4 is 10.1 Å². The van der Waals surface area contributed by atoms with Gasteiger partial charge in [-0.15, -0.1) is 5.92 Å². The van der Waals surface area contributed by atoms with Crippen molar-refractivity contribution in [3.8, 4) is 17.6 Å². The van der Waals surface area contributed by atoms with Crippen molar-refractivity contribution in [1.29, 1.82) is 0 Å². The van der Waals surface area contributed by atoms with Gasteiger partial charge in [-0.2, -0.15) is 5.06 Å². The van der Waals surface area contributed by atoms with Gasteiger partial charge in [-0.25, -0.2) is 8.42 Å². The van der Waals surface area contributed by atoms with Crippen molar-refractivity contribution in [2.75, 3.05) is 25.4 Å². The number of hydroxylamine groups is 2. The van der Waals surface area contributed by atoms with E-state index < -0.39 is 32.8 Å². The number of ether oxygens (including phenoxy) is 1. The van der Waals surface area contributed by atoms with Crippen molar-refractivity contribution in [3.63, 3.8) is 0 Å². The average Bonchev–Trinajstić information content (AvgIpc) is 2.67. The SMILES string of the molecule is CC#CCOc1ccc(S(=O)(=O)CC2(C(=O)N(O)C(C)=O)CCNCC2)cc1. The van der Waals surface area contributed by atoms with E-state index in [1.807, 2.05) is 0 Å². The standard InChI is InChI=1S/C19H24N2O6S/c1-3-4-13-27-16-5-7-17(8-6-16)28(25,26)14-19(9-11-20-12-10-19)18(23)21(24)15(2)22/h5-8,20,24H,9-14H2,1-2H3. The third kappa shape index (κ3) is 5.10. The molecule has 1 aliphatic heterocycles. The average molecular weight is 408 g/mol. The molecule has 1 aliphatic rings. The Bertz CT molecular complexity index is 877. The molecule has 0 aliphatic carbocycles. The van der Waals surface area contributed by atoms with Crippen molar-refractivity contribution < 1.29 is 28.0 Å². The van der Waals surface area contributed by atoms with Crippen molar-refractivity contribution in [2.24, 2.45) is 5.41 Å². The molecule has 8 nitrogen and oxygen atoms in total. The number of rotatable bonds is 6. The van der Waals surface area contributed by atoms with E-state index in [0.29, 0.717) is 18.8 Å². The van der Waals surface area contributed by atoms with E-state index in [1.54, 1.807) is 6.92 Å². The molecule has 0 aromatic heterocycles. The Balaban J connectivity index is 2.26. The van der Waals surface area contributed by atoms with Gasteiger partial charge in [-0.05, 0) is 57.1 Å². The highest BCUT2D eigenvalue weighted by atomic mass is 32.2. The maximum absolute atomic E-state index is 13.0. The second kappa shape index (κ2) is 9.19. The second-order valence-corrected chi connectivity index (χ2v) is 8.60. The number of piperidine rings is 1. The van der Waals surface area contributed by atoms with Gasteiger partial charge in [0.15, 0.2) is 9.84 Å². The summed E-state index contributed by atoms with van der Waals surface area (Å²) in [7, 11) is -3.85. The zero-order valence-corrected chi connectivity index (χ0v) is 16.7. The number of hydrogen-bond acceptors (Lipinski definition) is 7. The third-order valence-corrected chi connectivity index (χ3v) is 6.56. The number of benzene rings is 1. The molecule has 1 aromatic rings. The predicted octanol–water partition coefficient (Wildman–Crippen LogP) is 0.996. The number of nitrogens with one attached hydrogen (secondary N) is 1. The molecule has 0 bridgehead atoms. The third-order valence-electron chi connectivity index (χ3n) is 4.64. The molecule has 152 valence electrons. The van der Waals surface area contributed by atoms with Crippen LogP contribution in [0.1, 0.15) is 26.7 Å². The fourth-order valence-electron chi connectivity index (χ4n) is 3.07. The molecular weight excluding hydrogens is 384 g/mol. The number of nitrogens with zero attached hydrogens (tertiary/aromatic N) is 1. The van der Waals surface area contributed by atoms with E-state index in [4.69, 9.17) is 4.74 Å². The fraction of sp³-hybridized carbons (Fsp3) is 0.474. The van der Waals surface area contributed by atoms with Gasteiger partial charge in [0.05, 0.1) is 16.1 Å². The highest BCUT2D eigenvalue weighted by Crippen LogP contribution is 2.35. The predicted molar refractivity (Wildman–Crippen MR) is 101 cm³/mol. The molecule has 28 heavy (non-hydrogen) atoms. The molecule has 1 aromatic carbocycles. The Hall–Kier alpha value is -2.41. The minimum Gasteiger partial charge on any atom is -0.481 e. The van der Waals surface area contributed by atoms with Crippen LogP contribution in [0.3, 0.4) is 0 Å². The summed E-state index contributed by atoms with van der Waals surface area (Å²) in [6, 6.07) is 5.86. The van der Waals surface area contributed by atoms with Crippen LogP contribution in [0.2, 0.25) is 0 Å². The lowest BCUT2D eigenvalue weighted by Gasteiger charge is -2.37. The van der Waals surface area contributed by atoms with Crippen LogP contribution in [0, 0.1) is 17.3 Å². The summed E-state index contributed by atoms with van der Waals surface area (Å²) in [5.41, 5.74) is -1.36. The van der Waals surface area contributed by atoms with E-state index in [0.717, 1.165) is 6.92 Å². The van der Waals surface area contributed by atoms with E-state index in [2.05, 4.69) is 17.2 Å². The van der Waals surface area contributed by atoms with E-state index in [9.17, 15) is 23.2 Å². The maximum atomic E-state index is 13.0. The smallest absolute Gasteiger partial charge is 0.260 e. The zero-order chi connectivity index (χ0) is 20.8. The Labute approximate surface area is 164 Å². The quantitative estimate of drug-likeness (QED) is 0.410. The molecule has 9 heteroatoms. The topological polar surface area (TPSA) is 113 Å². The molecule has 0 radical (unpaired) electrons. The number of imide groups is 1. The lowest BCUT2D eigenvalue weighted by Crippen LogP contribution is -2.52. The lowest BCUT2D eigenvalue weighted by molar-refractivity contribution is -0.185. The molecule has 1 heterocycles. The highest BCUT2D eigenvalue weighted by molar-refractivity contribution is 7.91. The van der Waals surface area contributed by atoms with Gasteiger partial charge in [-0.1, -0.05) is 5.92 Å². The summed E-state index contributed by atoms with van der Waals surface area (Å²) in [5, 5.41) is 12.9. The number of carbonyl (C=O) groups is 2. The lowest BCUT2D eigenvalue weighted by atomic mass is 9.79. The molecular formula is C19H24N2O6S. The summed E-state index contributed by atoms with van der Waals surface area (Å²) in [5.74, 6) is 3.69. The van der Waals surface area contributed by atoms with Crippen LogP contribution in [0.4, 0.5) is 0 Å². The number of amides is 2. The van der Waals surface area contributed by atoms with E-state index in [-0.39, 0.29) is 29.4 Å². The molecule has 1 saturated heterocycles. The van der Waals surface area contributed by atoms with Crippen LogP contribution in [0.5, 0.6) is 5.75 Å². The number of hydrogen-bond donors (Lipinski definition) is 2. The van der Waals surface area contributed by atoms with Crippen molar-refractivity contribution in [1.82, 2.24) is 10.4 Å². The molecule has 1 fully saturated rings. The van der Waals surface area contributed by atoms with Gasteiger partial charge in [-0.3, -0.25) is 14.8 Å². The van der Waals surface area contributed by atoms with Crippen molar-refractivity contribution in [2.45, 2.75) is 31.6 Å². The largest absolute Gasteiger partial charge is 0.481 e. The highest BCUT2D eigenvalue weighted by Gasteiger charge is 2.46. The Kier molecular flexibility index (Phi) is 7.18. The van der Waals surface area contributed by atoms with Gasteiger partial charge in [0.25, 0.3) is 5.91 Å². The zero-order valence-electron chi connectivity index (χ0n) is 15.9. The number of sulfone groups is 1. The van der Waals surface area contributed by atoms with Crippen LogP contribution in [-0.2, 0) is 19.4 Å². The normalized spacial score (nSPS) is 15.8. The van der Waals surface area contributed by atoms with Crippen LogP contribution in [-0.4, -0.2) is 56.0 Å². The fourth-order valence-corrected chi connectivity index (χ4v) is 4.93. The van der Waals surface area contributed by atoms with Crippen LogP contribution in [0.25, 0.3) is 0 Å². The van der Waals surface area contributed by atoms with Crippen molar-refractivity contribution >= 4 is 21.7 Å². The maximum Gasteiger partial charge on any atom is 0.260 e. The van der Waals surface area contributed by atoms with Gasteiger partial charge in [0.1, 0.15) is 12.4 Å². The second-order valence-electron chi connectivity index (χ2n) is 6.61. The first-order valence-corrected chi connectivity index (χ1v) is 10.5. The van der Waals surface area contributed by atoms with E-state index in [1.165, 1.54) is 24.3 Å². The molecule has 2 N–H and O–H groups in total. The molecule has 0 spiro atoms. The summed E-state index contributed by atoms with van der Waals surface area (Å²) in [4.78, 5) is 24.2. The molecule has 2 amide bonds. The summed E-state index contributed by atoms with van der Waals surface area (Å²) < 4.78 is 31.3. The van der Waals surface area contributed by atoms with E-state index >= 15 is 0 Å². The first-order chi connectivity index (χ1) is 13.2. The number of carbonyl (C=O) groups excluding carboxylic acids is 2. The minimum absolute atomic E-state index is 0.0204. The molecule has 0 unspecified atom stereocenters. The van der Waals surface area contributed by atoms with Gasteiger partial charge in [0, 0.05) is 6.92 Å². The van der Waals surface area contributed by atoms with Gasteiger partial charge < -0.3 is 10.1 Å². The van der Waals surface area contributed by atoms with Crippen LogP contribution in [0.15, 0.2) is 29.2 Å². The minimum atomic E-state index is -3.85. The Morgan fingerprint density at radius 3 is 2.39 bits per heavy atom. The first kappa shape index (κ1) is 21.9. The molecule has 2 rings (SSSR count). The molecule has 0 atom stereocenters. The monoisotopic (exact) mass is 408 g/mol. The summed E-state index contributed by atoms with van der Waals surface area (Å²) in [6.45, 7) is 3.76. The summed E-state index contributed by atoms with van der Waals surface area (Å²) in [6.07, 6.45) is 0.401. The Morgan fingerprint density at radius 1 is 1.25 bits per heavy atom. The van der Waals surface area contributed by atoms with Gasteiger partial charge in [0.2, 0.25) is 5.91 Å². The summed E-state index contributed by atoms with van der Waals surface area (Å²) >= 11 is 0. The van der Waals surface area contributed by atoms with Gasteiger partial charge >= 0.3 is 0 Å². The molecule has 0 saturated carbocycles. The Morgan fingerprint density at radius 2 is 1.86 bits per heavy atom. The van der Waals surface area contributed by atoms with Crippen LogP contribution >= 0.6 is 0 Å². The first-order valence-electron chi connectivity index (χ1n) is 8.82. The van der Waals surface area contributed by atoms with Crippen molar-refractivity contribution in [3.05, 3.63) is 24.3 Å².